The number of hydrogen-bond acceptors (Lipinski definition) is 3. The van der Waals surface area contributed by atoms with Crippen LogP contribution in [0.1, 0.15) is 21.6 Å². The Kier molecular flexibility index (Phi) is 3.59. The fourth-order valence-corrected chi connectivity index (χ4v) is 2.88. The highest BCUT2D eigenvalue weighted by atomic mass is 79.9. The topological polar surface area (TPSA) is 42.0 Å². The molecule has 0 saturated carbocycles. The molecule has 0 unspecified atom stereocenters. The van der Waals surface area contributed by atoms with Crippen molar-refractivity contribution < 1.29 is 4.79 Å². The lowest BCUT2D eigenvalue weighted by molar-refractivity contribution is 0.102. The van der Waals surface area contributed by atoms with Crippen LogP contribution in [0.2, 0.25) is 0 Å². The molecule has 5 heteroatoms. The number of halogens is 1. The second-order valence-electron chi connectivity index (χ2n) is 3.77. The zero-order valence-electron chi connectivity index (χ0n) is 9.45. The lowest BCUT2D eigenvalue weighted by Crippen LogP contribution is -2.13. The second-order valence-corrected chi connectivity index (χ2v) is 5.34. The van der Waals surface area contributed by atoms with Crippen molar-refractivity contribution in [2.24, 2.45) is 0 Å². The average molecular weight is 311 g/mol. The summed E-state index contributed by atoms with van der Waals surface area (Å²) in [5.41, 5.74) is 5.07. The average Bonchev–Trinajstić information content (AvgIpc) is 2.76. The molecule has 17 heavy (non-hydrogen) atoms. The van der Waals surface area contributed by atoms with E-state index in [0.717, 1.165) is 21.3 Å². The summed E-state index contributed by atoms with van der Waals surface area (Å²) in [4.78, 5) is 15.9. The number of benzene rings is 1. The number of nitrogens with zero attached hydrogens (tertiary/aromatic N) is 1. The normalized spacial score (nSPS) is 10.3. The van der Waals surface area contributed by atoms with Gasteiger partial charge in [-0.25, -0.2) is 4.98 Å². The minimum atomic E-state index is -0.182. The molecule has 0 atom stereocenters. The monoisotopic (exact) mass is 310 g/mol. The van der Waals surface area contributed by atoms with Gasteiger partial charge in [-0.15, -0.1) is 11.3 Å². The predicted molar refractivity (Wildman–Crippen MR) is 73.7 cm³/mol. The van der Waals surface area contributed by atoms with Crippen LogP contribution in [0.15, 0.2) is 27.5 Å². The number of carbonyl (C=O) groups is 1. The molecular formula is C12H11BrN2OS. The van der Waals surface area contributed by atoms with Crippen LogP contribution in [0.4, 0.5) is 5.69 Å². The first-order valence-electron chi connectivity index (χ1n) is 5.04. The van der Waals surface area contributed by atoms with Crippen LogP contribution in [0.3, 0.4) is 0 Å². The fraction of sp³-hybridized carbons (Fsp3) is 0.167. The first kappa shape index (κ1) is 12.3. The number of amides is 1. The van der Waals surface area contributed by atoms with Crippen molar-refractivity contribution in [2.45, 2.75) is 13.8 Å². The van der Waals surface area contributed by atoms with Gasteiger partial charge >= 0.3 is 0 Å². The molecule has 0 aliphatic heterocycles. The largest absolute Gasteiger partial charge is 0.319 e. The first-order valence-corrected chi connectivity index (χ1v) is 6.78. The second kappa shape index (κ2) is 4.98. The zero-order chi connectivity index (χ0) is 12.4. The number of nitrogens with one attached hydrogen (secondary N) is 1. The summed E-state index contributed by atoms with van der Waals surface area (Å²) < 4.78 is 0.888. The highest BCUT2D eigenvalue weighted by Gasteiger charge is 2.12. The number of aromatic nitrogens is 1. The van der Waals surface area contributed by atoms with Gasteiger partial charge < -0.3 is 5.32 Å². The van der Waals surface area contributed by atoms with E-state index in [9.17, 15) is 4.79 Å². The number of thiazole rings is 1. The summed E-state index contributed by atoms with van der Waals surface area (Å²) in [7, 11) is 0. The lowest BCUT2D eigenvalue weighted by atomic mass is 10.1. The van der Waals surface area contributed by atoms with E-state index in [0.29, 0.717) is 5.69 Å². The predicted octanol–water partition coefficient (Wildman–Crippen LogP) is 3.77. The standard InChI is InChI=1S/C12H11BrN2OS/c1-7-3-8(2)11(9(13)4-7)15-12(16)10-5-17-6-14-10/h3-6H,1-2H3,(H,15,16). The van der Waals surface area contributed by atoms with E-state index in [-0.39, 0.29) is 5.91 Å². The van der Waals surface area contributed by atoms with Crippen molar-refractivity contribution in [3.63, 3.8) is 0 Å². The first-order chi connectivity index (χ1) is 8.08. The molecule has 1 amide bonds. The summed E-state index contributed by atoms with van der Waals surface area (Å²) in [6.45, 7) is 3.98. The van der Waals surface area contributed by atoms with E-state index in [1.807, 2.05) is 26.0 Å². The van der Waals surface area contributed by atoms with Gasteiger partial charge in [0.15, 0.2) is 0 Å². The van der Waals surface area contributed by atoms with Gasteiger partial charge in [0.05, 0.1) is 11.2 Å². The van der Waals surface area contributed by atoms with E-state index in [1.165, 1.54) is 11.3 Å². The molecule has 0 aliphatic rings. The van der Waals surface area contributed by atoms with Gasteiger partial charge in [0.2, 0.25) is 0 Å². The molecule has 0 spiro atoms. The van der Waals surface area contributed by atoms with Crippen LogP contribution >= 0.6 is 27.3 Å². The molecule has 2 rings (SSSR count). The number of carbonyl (C=O) groups excluding carboxylic acids is 1. The van der Waals surface area contributed by atoms with Crippen LogP contribution in [0.25, 0.3) is 0 Å². The summed E-state index contributed by atoms with van der Waals surface area (Å²) >= 11 is 4.86. The zero-order valence-corrected chi connectivity index (χ0v) is 11.9. The van der Waals surface area contributed by atoms with E-state index in [4.69, 9.17) is 0 Å². The van der Waals surface area contributed by atoms with Crippen molar-refractivity contribution >= 4 is 38.9 Å². The van der Waals surface area contributed by atoms with E-state index < -0.39 is 0 Å². The molecule has 0 saturated heterocycles. The maximum absolute atomic E-state index is 11.9. The Bertz CT molecular complexity index is 529. The smallest absolute Gasteiger partial charge is 0.275 e. The van der Waals surface area contributed by atoms with Gasteiger partial charge in [0, 0.05) is 9.85 Å². The summed E-state index contributed by atoms with van der Waals surface area (Å²) in [5.74, 6) is -0.182. The molecule has 88 valence electrons. The van der Waals surface area contributed by atoms with E-state index >= 15 is 0 Å². The third-order valence-electron chi connectivity index (χ3n) is 2.34. The highest BCUT2D eigenvalue weighted by Crippen LogP contribution is 2.28. The van der Waals surface area contributed by atoms with Crippen LogP contribution in [-0.4, -0.2) is 10.9 Å². The van der Waals surface area contributed by atoms with Crippen molar-refractivity contribution in [1.29, 1.82) is 0 Å². The molecule has 2 aromatic rings. The molecule has 1 heterocycles. The Hall–Kier alpha value is -1.20. The fourth-order valence-electron chi connectivity index (χ4n) is 1.58. The van der Waals surface area contributed by atoms with Gasteiger partial charge in [-0.05, 0) is 47.0 Å². The van der Waals surface area contributed by atoms with Crippen molar-refractivity contribution in [1.82, 2.24) is 4.98 Å². The molecule has 1 aromatic heterocycles. The minimum Gasteiger partial charge on any atom is -0.319 e. The minimum absolute atomic E-state index is 0.182. The van der Waals surface area contributed by atoms with Crippen molar-refractivity contribution in [3.05, 3.63) is 44.3 Å². The Labute approximate surface area is 112 Å². The van der Waals surface area contributed by atoms with Gasteiger partial charge in [0.1, 0.15) is 5.69 Å². The summed E-state index contributed by atoms with van der Waals surface area (Å²) in [6.07, 6.45) is 0. The van der Waals surface area contributed by atoms with Crippen molar-refractivity contribution in [3.8, 4) is 0 Å². The van der Waals surface area contributed by atoms with Crippen LogP contribution in [-0.2, 0) is 0 Å². The third kappa shape index (κ3) is 2.73. The number of rotatable bonds is 2. The van der Waals surface area contributed by atoms with E-state index in [1.54, 1.807) is 10.9 Å². The van der Waals surface area contributed by atoms with Gasteiger partial charge in [0.25, 0.3) is 5.91 Å². The van der Waals surface area contributed by atoms with Crippen LogP contribution in [0.5, 0.6) is 0 Å². The lowest BCUT2D eigenvalue weighted by Gasteiger charge is -2.10. The Morgan fingerprint density at radius 1 is 1.41 bits per heavy atom. The molecule has 1 N–H and O–H groups in total. The molecule has 1 aromatic carbocycles. The Morgan fingerprint density at radius 2 is 2.18 bits per heavy atom. The van der Waals surface area contributed by atoms with Gasteiger partial charge in [-0.2, -0.15) is 0 Å². The summed E-state index contributed by atoms with van der Waals surface area (Å²) in [5, 5.41) is 4.60. The molecule has 0 fully saturated rings. The van der Waals surface area contributed by atoms with Crippen molar-refractivity contribution in [2.75, 3.05) is 5.32 Å². The van der Waals surface area contributed by atoms with E-state index in [2.05, 4.69) is 26.2 Å². The molecule has 0 bridgehead atoms. The number of hydrogen-bond donors (Lipinski definition) is 1. The maximum atomic E-state index is 11.9. The van der Waals surface area contributed by atoms with Gasteiger partial charge in [-0.1, -0.05) is 6.07 Å². The summed E-state index contributed by atoms with van der Waals surface area (Å²) in [6, 6.07) is 4.01. The highest BCUT2D eigenvalue weighted by molar-refractivity contribution is 9.10. The van der Waals surface area contributed by atoms with Crippen LogP contribution < -0.4 is 5.32 Å². The molecule has 3 nitrogen and oxygen atoms in total. The molecular weight excluding hydrogens is 300 g/mol. The third-order valence-corrected chi connectivity index (χ3v) is 3.55. The maximum Gasteiger partial charge on any atom is 0.275 e. The molecule has 0 radical (unpaired) electrons. The Morgan fingerprint density at radius 3 is 2.76 bits per heavy atom. The van der Waals surface area contributed by atoms with Gasteiger partial charge in [-0.3, -0.25) is 4.79 Å². The SMILES string of the molecule is Cc1cc(C)c(NC(=O)c2cscn2)c(Br)c1. The van der Waals surface area contributed by atoms with Crippen LogP contribution in [0, 0.1) is 13.8 Å². The molecule has 0 aliphatic carbocycles. The Balaban J connectivity index is 2.28. The number of anilines is 1. The quantitative estimate of drug-likeness (QED) is 0.917. The number of aryl methyl sites for hydroxylation is 2.